The van der Waals surface area contributed by atoms with Crippen molar-refractivity contribution in [1.82, 2.24) is 30.2 Å². The van der Waals surface area contributed by atoms with E-state index in [0.717, 1.165) is 83.4 Å². The van der Waals surface area contributed by atoms with E-state index in [1.54, 1.807) is 6.08 Å². The molecular weight excluding hydrogens is 506 g/mol. The Labute approximate surface area is 243 Å². The first kappa shape index (κ1) is 28.7. The van der Waals surface area contributed by atoms with Gasteiger partial charge in [-0.3, -0.25) is 4.98 Å². The van der Waals surface area contributed by atoms with Gasteiger partial charge in [0, 0.05) is 52.9 Å². The average molecular weight is 550 g/mol. The number of hydrogen-bond acceptors (Lipinski definition) is 6. The van der Waals surface area contributed by atoms with Crippen molar-refractivity contribution < 1.29 is 0 Å². The Morgan fingerprint density at radius 3 is 2.68 bits per heavy atom. The van der Waals surface area contributed by atoms with Crippen LogP contribution in [0.25, 0.3) is 33.3 Å². The van der Waals surface area contributed by atoms with Gasteiger partial charge in [0.05, 0.1) is 11.7 Å². The fourth-order valence-electron chi connectivity index (χ4n) is 6.17. The third kappa shape index (κ3) is 5.43. The molecule has 0 amide bonds. The number of H-pyrrole nitrogens is 1. The number of allylic oxidation sites excluding steroid dienone is 4. The van der Waals surface area contributed by atoms with Gasteiger partial charge in [-0.05, 0) is 61.5 Å². The van der Waals surface area contributed by atoms with Crippen LogP contribution in [0.15, 0.2) is 67.7 Å². The molecule has 214 valence electrons. The maximum Gasteiger partial charge on any atom is 0.163 e. The number of anilines is 1. The van der Waals surface area contributed by atoms with Crippen LogP contribution in [-0.4, -0.2) is 51.1 Å². The number of piperidine rings is 1. The second-order valence-corrected chi connectivity index (χ2v) is 11.8. The average Bonchev–Trinajstić information content (AvgIpc) is 3.45. The summed E-state index contributed by atoms with van der Waals surface area (Å²) in [5.74, 6) is 2.05. The predicted octanol–water partition coefficient (Wildman–Crippen LogP) is 7.24. The molecule has 0 aromatic carbocycles. The van der Waals surface area contributed by atoms with Gasteiger partial charge < -0.3 is 15.2 Å². The van der Waals surface area contributed by atoms with Gasteiger partial charge in [-0.2, -0.15) is 0 Å². The predicted molar refractivity (Wildman–Crippen MR) is 172 cm³/mol. The number of rotatable bonds is 10. The van der Waals surface area contributed by atoms with Crippen molar-refractivity contribution >= 4 is 27.8 Å². The SMILES string of the molecule is C=C/C=C(\C=C)C(C)(C)c1cc2c(-c3nc(N(C)C4CCNCC4)c4c(C(C)CCC)cncc4n3)ccnc2[nH]1. The second-order valence-electron chi connectivity index (χ2n) is 11.8. The Morgan fingerprint density at radius 2 is 1.98 bits per heavy atom. The van der Waals surface area contributed by atoms with Crippen LogP contribution in [0.1, 0.15) is 70.6 Å². The summed E-state index contributed by atoms with van der Waals surface area (Å²) in [5.41, 5.74) is 5.69. The molecule has 5 heterocycles. The molecule has 1 atom stereocenters. The highest BCUT2D eigenvalue weighted by Crippen LogP contribution is 2.39. The number of pyridine rings is 2. The van der Waals surface area contributed by atoms with Gasteiger partial charge in [-0.1, -0.05) is 65.5 Å². The van der Waals surface area contributed by atoms with E-state index < -0.39 is 0 Å². The molecule has 4 aromatic heterocycles. The molecule has 1 aliphatic rings. The third-order valence-electron chi connectivity index (χ3n) is 8.75. The monoisotopic (exact) mass is 549 g/mol. The third-order valence-corrected chi connectivity index (χ3v) is 8.75. The van der Waals surface area contributed by atoms with E-state index in [4.69, 9.17) is 9.97 Å². The first-order chi connectivity index (χ1) is 19.8. The van der Waals surface area contributed by atoms with E-state index in [-0.39, 0.29) is 5.41 Å². The van der Waals surface area contributed by atoms with Crippen LogP contribution in [0.2, 0.25) is 0 Å². The Kier molecular flexibility index (Phi) is 8.36. The lowest BCUT2D eigenvalue weighted by Crippen LogP contribution is -2.41. The van der Waals surface area contributed by atoms with Crippen LogP contribution >= 0.6 is 0 Å². The standard InChI is InChI=1S/C34H43N7/c1-8-11-22(4)27-20-36-21-28-30(27)33(41(7)24-13-16-35-17-14-24)40-32(38-28)25-15-18-37-31-26(25)19-29(39-31)34(5,6)23(10-3)12-9-2/h9-10,12,15,18-22,24,35H,2-3,8,11,13-14,16-17H2,1,4-7H3,(H,37,39)/b23-12+. The van der Waals surface area contributed by atoms with E-state index >= 15 is 0 Å². The highest BCUT2D eigenvalue weighted by atomic mass is 15.2. The zero-order valence-corrected chi connectivity index (χ0v) is 25.2. The molecule has 7 nitrogen and oxygen atoms in total. The molecule has 0 bridgehead atoms. The number of aromatic amines is 1. The van der Waals surface area contributed by atoms with Gasteiger partial charge >= 0.3 is 0 Å². The molecule has 4 aromatic rings. The molecule has 0 aliphatic carbocycles. The van der Waals surface area contributed by atoms with Crippen LogP contribution in [0.4, 0.5) is 5.82 Å². The van der Waals surface area contributed by atoms with Crippen LogP contribution in [0.5, 0.6) is 0 Å². The zero-order chi connectivity index (χ0) is 29.1. The Hall–Kier alpha value is -3.84. The van der Waals surface area contributed by atoms with Crippen molar-refractivity contribution in [2.24, 2.45) is 0 Å². The molecule has 1 saturated heterocycles. The summed E-state index contributed by atoms with van der Waals surface area (Å²) in [5, 5.41) is 5.62. The normalized spacial score (nSPS) is 15.8. The number of nitrogens with zero attached hydrogens (tertiary/aromatic N) is 5. The van der Waals surface area contributed by atoms with E-state index in [2.05, 4.69) is 79.1 Å². The van der Waals surface area contributed by atoms with E-state index in [1.165, 1.54) is 5.56 Å². The summed E-state index contributed by atoms with van der Waals surface area (Å²) in [6.07, 6.45) is 15.8. The molecule has 7 heteroatoms. The van der Waals surface area contributed by atoms with E-state index in [9.17, 15) is 0 Å². The number of fused-ring (bicyclic) bond motifs is 2. The Balaban J connectivity index is 1.71. The maximum absolute atomic E-state index is 5.34. The summed E-state index contributed by atoms with van der Waals surface area (Å²) in [7, 11) is 2.19. The summed E-state index contributed by atoms with van der Waals surface area (Å²) >= 11 is 0. The first-order valence-electron chi connectivity index (χ1n) is 14.8. The quantitative estimate of drug-likeness (QED) is 0.203. The van der Waals surface area contributed by atoms with Crippen molar-refractivity contribution in [2.45, 2.75) is 70.8 Å². The fourth-order valence-corrected chi connectivity index (χ4v) is 6.17. The topological polar surface area (TPSA) is 82.6 Å². The maximum atomic E-state index is 5.34. The molecule has 1 fully saturated rings. The summed E-state index contributed by atoms with van der Waals surface area (Å²) in [6, 6.07) is 4.61. The lowest BCUT2D eigenvalue weighted by atomic mass is 9.80. The second kappa shape index (κ2) is 12.0. The molecule has 0 saturated carbocycles. The van der Waals surface area contributed by atoms with Crippen LogP contribution in [0, 0.1) is 0 Å². The van der Waals surface area contributed by atoms with Crippen molar-refractivity contribution in [3.05, 3.63) is 78.9 Å². The summed E-state index contributed by atoms with van der Waals surface area (Å²) < 4.78 is 0. The molecule has 1 aliphatic heterocycles. The van der Waals surface area contributed by atoms with Crippen molar-refractivity contribution in [2.75, 3.05) is 25.0 Å². The lowest BCUT2D eigenvalue weighted by molar-refractivity contribution is 0.442. The fraction of sp³-hybridized carbons (Fsp3) is 0.412. The van der Waals surface area contributed by atoms with Gasteiger partial charge in [0.2, 0.25) is 0 Å². The number of nitrogens with one attached hydrogen (secondary N) is 2. The molecule has 41 heavy (non-hydrogen) atoms. The van der Waals surface area contributed by atoms with Crippen molar-refractivity contribution in [3.8, 4) is 11.4 Å². The van der Waals surface area contributed by atoms with Gasteiger partial charge in [0.15, 0.2) is 5.82 Å². The van der Waals surface area contributed by atoms with Crippen LogP contribution in [0.3, 0.4) is 0 Å². The Morgan fingerprint density at radius 1 is 1.20 bits per heavy atom. The summed E-state index contributed by atoms with van der Waals surface area (Å²) in [4.78, 5) is 25.8. The van der Waals surface area contributed by atoms with E-state index in [1.807, 2.05) is 36.8 Å². The number of hydrogen-bond donors (Lipinski definition) is 2. The smallest absolute Gasteiger partial charge is 0.163 e. The van der Waals surface area contributed by atoms with Crippen molar-refractivity contribution in [3.63, 3.8) is 0 Å². The highest BCUT2D eigenvalue weighted by molar-refractivity contribution is 5.97. The minimum Gasteiger partial charge on any atom is -0.356 e. The van der Waals surface area contributed by atoms with Gasteiger partial charge in [0.1, 0.15) is 11.5 Å². The van der Waals surface area contributed by atoms with Crippen molar-refractivity contribution in [1.29, 1.82) is 0 Å². The first-order valence-corrected chi connectivity index (χ1v) is 14.8. The van der Waals surface area contributed by atoms with Gasteiger partial charge in [-0.25, -0.2) is 15.0 Å². The minimum atomic E-state index is -0.313. The summed E-state index contributed by atoms with van der Waals surface area (Å²) in [6.45, 7) is 18.8. The number of aromatic nitrogens is 5. The molecular formula is C34H43N7. The molecule has 0 spiro atoms. The van der Waals surface area contributed by atoms with Gasteiger partial charge in [-0.15, -0.1) is 0 Å². The van der Waals surface area contributed by atoms with Crippen LogP contribution < -0.4 is 10.2 Å². The molecule has 5 rings (SSSR count). The minimum absolute atomic E-state index is 0.313. The highest BCUT2D eigenvalue weighted by Gasteiger charge is 2.28. The molecule has 0 radical (unpaired) electrons. The Bertz CT molecular complexity index is 1590. The van der Waals surface area contributed by atoms with Gasteiger partial charge in [0.25, 0.3) is 0 Å². The van der Waals surface area contributed by atoms with E-state index in [0.29, 0.717) is 17.8 Å². The largest absolute Gasteiger partial charge is 0.356 e. The molecule has 2 N–H and O–H groups in total. The zero-order valence-electron chi connectivity index (χ0n) is 25.2. The lowest BCUT2D eigenvalue weighted by Gasteiger charge is -2.33. The molecule has 1 unspecified atom stereocenters. The van der Waals surface area contributed by atoms with Crippen LogP contribution in [-0.2, 0) is 5.41 Å².